The van der Waals surface area contributed by atoms with Crippen LogP contribution < -0.4 is 5.32 Å². The lowest BCUT2D eigenvalue weighted by atomic mass is 10.1. The summed E-state index contributed by atoms with van der Waals surface area (Å²) in [4.78, 5) is 33.8. The Morgan fingerprint density at radius 1 is 0.900 bits per heavy atom. The molecule has 1 aliphatic rings. The number of amides is 2. The zero-order valence-corrected chi connectivity index (χ0v) is 17.4. The summed E-state index contributed by atoms with van der Waals surface area (Å²) in [6, 6.07) is 17.5. The lowest BCUT2D eigenvalue weighted by Crippen LogP contribution is -2.50. The van der Waals surface area contributed by atoms with E-state index < -0.39 is 0 Å². The fraction of sp³-hybridized carbons (Fsp3) is 0.292. The number of aromatic nitrogens is 1. The van der Waals surface area contributed by atoms with Crippen molar-refractivity contribution in [2.24, 2.45) is 0 Å². The van der Waals surface area contributed by atoms with Crippen LogP contribution >= 0.6 is 0 Å². The van der Waals surface area contributed by atoms with Crippen LogP contribution in [0.4, 0.5) is 5.69 Å². The van der Waals surface area contributed by atoms with Crippen LogP contribution in [0.2, 0.25) is 0 Å². The molecule has 1 N–H and O–H groups in total. The van der Waals surface area contributed by atoms with Gasteiger partial charge in [-0.05, 0) is 37.1 Å². The molecule has 0 bridgehead atoms. The highest BCUT2D eigenvalue weighted by Crippen LogP contribution is 2.19. The predicted molar refractivity (Wildman–Crippen MR) is 119 cm³/mol. The predicted octanol–water partition coefficient (Wildman–Crippen LogP) is 3.25. The molecule has 1 saturated heterocycles. The van der Waals surface area contributed by atoms with Gasteiger partial charge in [0.1, 0.15) is 5.69 Å². The molecule has 0 unspecified atom stereocenters. The van der Waals surface area contributed by atoms with E-state index >= 15 is 0 Å². The second kappa shape index (κ2) is 8.63. The Hall–Kier alpha value is -3.25. The third kappa shape index (κ3) is 4.33. The first-order chi connectivity index (χ1) is 14.5. The molecule has 2 amide bonds. The largest absolute Gasteiger partial charge is 0.335 e. The summed E-state index contributed by atoms with van der Waals surface area (Å²) in [6.45, 7) is 6.82. The Morgan fingerprint density at radius 2 is 1.60 bits per heavy atom. The Balaban J connectivity index is 1.33. The van der Waals surface area contributed by atoms with E-state index in [2.05, 4.69) is 15.2 Å². The smallest absolute Gasteiger partial charge is 0.272 e. The first kappa shape index (κ1) is 20.0. The molecule has 154 valence electrons. The van der Waals surface area contributed by atoms with Gasteiger partial charge in [-0.1, -0.05) is 42.5 Å². The van der Waals surface area contributed by atoms with Crippen LogP contribution in [0.1, 0.15) is 21.6 Å². The second-order valence-corrected chi connectivity index (χ2v) is 7.77. The molecule has 1 fully saturated rings. The average molecular weight is 402 g/mol. The highest BCUT2D eigenvalue weighted by atomic mass is 16.2. The van der Waals surface area contributed by atoms with Crippen molar-refractivity contribution in [1.82, 2.24) is 14.8 Å². The third-order valence-electron chi connectivity index (χ3n) is 5.59. The number of anilines is 1. The Labute approximate surface area is 176 Å². The molecule has 0 radical (unpaired) electrons. The van der Waals surface area contributed by atoms with Crippen LogP contribution in [0.15, 0.2) is 54.6 Å². The van der Waals surface area contributed by atoms with E-state index in [1.54, 1.807) is 6.07 Å². The van der Waals surface area contributed by atoms with E-state index in [1.807, 2.05) is 67.3 Å². The van der Waals surface area contributed by atoms with E-state index in [0.717, 1.165) is 27.7 Å². The van der Waals surface area contributed by atoms with Crippen LogP contribution in [0.5, 0.6) is 0 Å². The number of para-hydroxylation sites is 2. The number of pyridine rings is 1. The molecule has 0 spiro atoms. The minimum Gasteiger partial charge on any atom is -0.335 e. The van der Waals surface area contributed by atoms with Gasteiger partial charge in [0.15, 0.2) is 0 Å². The normalized spacial score (nSPS) is 14.7. The summed E-state index contributed by atoms with van der Waals surface area (Å²) in [5, 5.41) is 4.05. The Kier molecular flexibility index (Phi) is 5.77. The van der Waals surface area contributed by atoms with E-state index in [1.165, 1.54) is 0 Å². The van der Waals surface area contributed by atoms with Crippen LogP contribution in [-0.4, -0.2) is 59.3 Å². The maximum Gasteiger partial charge on any atom is 0.272 e. The van der Waals surface area contributed by atoms with Crippen LogP contribution in [0.25, 0.3) is 10.9 Å². The number of nitrogens with one attached hydrogen (secondary N) is 1. The maximum atomic E-state index is 12.9. The van der Waals surface area contributed by atoms with Crippen molar-refractivity contribution in [2.45, 2.75) is 13.8 Å². The van der Waals surface area contributed by atoms with Crippen LogP contribution in [0.3, 0.4) is 0 Å². The number of rotatable bonds is 4. The quantitative estimate of drug-likeness (QED) is 0.728. The SMILES string of the molecule is Cc1cccc(C)c1NC(=O)CN1CCN(C(=O)c2ccc3ccccc3n2)CC1. The highest BCUT2D eigenvalue weighted by molar-refractivity contribution is 5.95. The summed E-state index contributed by atoms with van der Waals surface area (Å²) < 4.78 is 0. The molecule has 6 heteroatoms. The topological polar surface area (TPSA) is 65.5 Å². The number of hydrogen-bond donors (Lipinski definition) is 1. The third-order valence-corrected chi connectivity index (χ3v) is 5.59. The molecule has 30 heavy (non-hydrogen) atoms. The molecule has 1 aromatic heterocycles. The molecule has 2 aromatic carbocycles. The fourth-order valence-electron chi connectivity index (χ4n) is 3.85. The molecule has 3 aromatic rings. The number of benzene rings is 2. The molecule has 0 atom stereocenters. The Morgan fingerprint density at radius 3 is 2.33 bits per heavy atom. The van der Waals surface area contributed by atoms with Crippen molar-refractivity contribution in [3.8, 4) is 0 Å². The van der Waals surface area contributed by atoms with Gasteiger partial charge in [0.05, 0.1) is 12.1 Å². The van der Waals surface area contributed by atoms with Crippen molar-refractivity contribution in [1.29, 1.82) is 0 Å². The van der Waals surface area contributed by atoms with Crippen LogP contribution in [0, 0.1) is 13.8 Å². The lowest BCUT2D eigenvalue weighted by Gasteiger charge is -2.34. The van der Waals surface area contributed by atoms with Gasteiger partial charge in [-0.3, -0.25) is 14.5 Å². The number of aryl methyl sites for hydroxylation is 2. The van der Waals surface area contributed by atoms with E-state index in [9.17, 15) is 9.59 Å². The first-order valence-electron chi connectivity index (χ1n) is 10.2. The van der Waals surface area contributed by atoms with E-state index in [-0.39, 0.29) is 11.8 Å². The molecule has 6 nitrogen and oxygen atoms in total. The zero-order chi connectivity index (χ0) is 21.1. The average Bonchev–Trinajstić information content (AvgIpc) is 2.76. The molecule has 2 heterocycles. The molecular weight excluding hydrogens is 376 g/mol. The molecule has 4 rings (SSSR count). The standard InChI is InChI=1S/C24H26N4O2/c1-17-6-5-7-18(2)23(17)26-22(29)16-27-12-14-28(15-13-27)24(30)21-11-10-19-8-3-4-9-20(19)25-21/h3-11H,12-16H2,1-2H3,(H,26,29). The van der Waals surface area contributed by atoms with Gasteiger partial charge in [-0.25, -0.2) is 4.98 Å². The van der Waals surface area contributed by atoms with Gasteiger partial charge in [-0.15, -0.1) is 0 Å². The van der Waals surface area contributed by atoms with Gasteiger partial charge >= 0.3 is 0 Å². The van der Waals surface area contributed by atoms with Crippen LogP contribution in [-0.2, 0) is 4.79 Å². The fourth-order valence-corrected chi connectivity index (χ4v) is 3.85. The number of piperazine rings is 1. The maximum absolute atomic E-state index is 12.9. The summed E-state index contributed by atoms with van der Waals surface area (Å²) in [7, 11) is 0. The minimum absolute atomic E-state index is 0.0247. The van der Waals surface area contributed by atoms with Gasteiger partial charge in [-0.2, -0.15) is 0 Å². The summed E-state index contributed by atoms with van der Waals surface area (Å²) in [6.07, 6.45) is 0. The second-order valence-electron chi connectivity index (χ2n) is 7.77. The number of fused-ring (bicyclic) bond motifs is 1. The van der Waals surface area contributed by atoms with Crippen molar-refractivity contribution < 1.29 is 9.59 Å². The van der Waals surface area contributed by atoms with Gasteiger partial charge < -0.3 is 10.2 Å². The summed E-state index contributed by atoms with van der Waals surface area (Å²) in [5.41, 5.74) is 4.29. The number of carbonyl (C=O) groups is 2. The molecule has 0 saturated carbocycles. The molecule has 0 aliphatic carbocycles. The van der Waals surface area contributed by atoms with Crippen molar-refractivity contribution in [3.63, 3.8) is 0 Å². The summed E-state index contributed by atoms with van der Waals surface area (Å²) >= 11 is 0. The zero-order valence-electron chi connectivity index (χ0n) is 17.4. The highest BCUT2D eigenvalue weighted by Gasteiger charge is 2.24. The summed E-state index contributed by atoms with van der Waals surface area (Å²) in [5.74, 6) is -0.0798. The van der Waals surface area contributed by atoms with E-state index in [0.29, 0.717) is 38.4 Å². The lowest BCUT2D eigenvalue weighted by molar-refractivity contribution is -0.117. The van der Waals surface area contributed by atoms with Crippen molar-refractivity contribution in [3.05, 3.63) is 71.4 Å². The van der Waals surface area contributed by atoms with Gasteiger partial charge in [0, 0.05) is 37.3 Å². The van der Waals surface area contributed by atoms with Crippen molar-refractivity contribution in [2.75, 3.05) is 38.0 Å². The number of carbonyl (C=O) groups excluding carboxylic acids is 2. The Bertz CT molecular complexity index is 1070. The van der Waals surface area contributed by atoms with Crippen molar-refractivity contribution >= 4 is 28.4 Å². The van der Waals surface area contributed by atoms with E-state index in [4.69, 9.17) is 0 Å². The molecular formula is C24H26N4O2. The van der Waals surface area contributed by atoms with Gasteiger partial charge in [0.25, 0.3) is 5.91 Å². The van der Waals surface area contributed by atoms with Gasteiger partial charge in [0.2, 0.25) is 5.91 Å². The first-order valence-corrected chi connectivity index (χ1v) is 10.2. The number of nitrogens with zero attached hydrogens (tertiary/aromatic N) is 3. The minimum atomic E-state index is -0.0552. The number of hydrogen-bond acceptors (Lipinski definition) is 4. The monoisotopic (exact) mass is 402 g/mol. The molecule has 1 aliphatic heterocycles.